The van der Waals surface area contributed by atoms with Crippen molar-refractivity contribution in [3.8, 4) is 0 Å². The van der Waals surface area contributed by atoms with Crippen molar-refractivity contribution in [3.63, 3.8) is 0 Å². The fourth-order valence-electron chi connectivity index (χ4n) is 1.59. The summed E-state index contributed by atoms with van der Waals surface area (Å²) in [6, 6.07) is 2.27. The number of hydrogen-bond donors (Lipinski definition) is 2. The molecule has 1 aromatic carbocycles. The molecule has 1 rings (SSSR count). The van der Waals surface area contributed by atoms with Crippen LogP contribution in [0.2, 0.25) is 0 Å². The van der Waals surface area contributed by atoms with Crippen molar-refractivity contribution in [1.82, 2.24) is 10.0 Å². The first-order valence-electron chi connectivity index (χ1n) is 5.88. The molecule has 0 heterocycles. The molecule has 1 amide bonds. The molecule has 0 saturated heterocycles. The van der Waals surface area contributed by atoms with Gasteiger partial charge in [-0.1, -0.05) is 0 Å². The summed E-state index contributed by atoms with van der Waals surface area (Å²) in [7, 11) is -3.35. The lowest BCUT2D eigenvalue weighted by Gasteiger charge is -2.15. The van der Waals surface area contributed by atoms with E-state index in [0.29, 0.717) is 0 Å². The van der Waals surface area contributed by atoms with Crippen LogP contribution in [0.25, 0.3) is 0 Å². The van der Waals surface area contributed by atoms with Gasteiger partial charge in [0.2, 0.25) is 15.9 Å². The highest BCUT2D eigenvalue weighted by Crippen LogP contribution is 2.17. The minimum Gasteiger partial charge on any atom is -0.349 e. The summed E-state index contributed by atoms with van der Waals surface area (Å²) in [5.74, 6) is -1.67. The molecule has 0 bridgehead atoms. The van der Waals surface area contributed by atoms with E-state index < -0.39 is 33.6 Å². The van der Waals surface area contributed by atoms with Crippen LogP contribution in [0.4, 0.5) is 8.78 Å². The van der Waals surface area contributed by atoms with Crippen LogP contribution in [0.3, 0.4) is 0 Å². The van der Waals surface area contributed by atoms with Gasteiger partial charge in [-0.15, -0.1) is 0 Å². The molecule has 8 heteroatoms. The van der Waals surface area contributed by atoms with E-state index in [4.69, 9.17) is 0 Å². The number of rotatable bonds is 6. The van der Waals surface area contributed by atoms with Crippen molar-refractivity contribution in [2.24, 2.45) is 0 Å². The number of hydrogen-bond acceptors (Lipinski definition) is 3. The van der Waals surface area contributed by atoms with Crippen molar-refractivity contribution < 1.29 is 22.0 Å². The van der Waals surface area contributed by atoms with Crippen molar-refractivity contribution in [3.05, 3.63) is 35.4 Å². The molecule has 5 nitrogen and oxygen atoms in total. The van der Waals surface area contributed by atoms with Gasteiger partial charge in [0, 0.05) is 18.5 Å². The van der Waals surface area contributed by atoms with Crippen LogP contribution in [0.1, 0.15) is 24.9 Å². The molecule has 0 unspecified atom stereocenters. The van der Waals surface area contributed by atoms with Gasteiger partial charge in [0.1, 0.15) is 11.6 Å². The van der Waals surface area contributed by atoms with Crippen LogP contribution in [-0.4, -0.2) is 27.1 Å². The van der Waals surface area contributed by atoms with E-state index in [9.17, 15) is 22.0 Å². The number of nitrogens with one attached hydrogen (secondary N) is 2. The Morgan fingerprint density at radius 1 is 1.35 bits per heavy atom. The van der Waals surface area contributed by atoms with Gasteiger partial charge in [-0.2, -0.15) is 0 Å². The van der Waals surface area contributed by atoms with Crippen molar-refractivity contribution in [2.75, 3.05) is 12.8 Å². The predicted octanol–water partition coefficient (Wildman–Crippen LogP) is 1.08. The molecule has 20 heavy (non-hydrogen) atoms. The van der Waals surface area contributed by atoms with Gasteiger partial charge >= 0.3 is 0 Å². The van der Waals surface area contributed by atoms with Gasteiger partial charge in [0.05, 0.1) is 12.3 Å². The molecule has 0 aliphatic rings. The summed E-state index contributed by atoms with van der Waals surface area (Å²) in [4.78, 5) is 11.5. The number of carbonyl (C=O) groups excluding carboxylic acids is 1. The molecule has 0 aliphatic carbocycles. The van der Waals surface area contributed by atoms with Crippen molar-refractivity contribution in [1.29, 1.82) is 0 Å². The number of benzene rings is 1. The molecular formula is C12H16F2N2O3S. The summed E-state index contributed by atoms with van der Waals surface area (Å²) in [6.07, 6.45) is 0.893. The Kier molecular flexibility index (Phi) is 5.58. The van der Waals surface area contributed by atoms with E-state index in [-0.39, 0.29) is 18.5 Å². The van der Waals surface area contributed by atoms with Crippen LogP contribution < -0.4 is 10.0 Å². The van der Waals surface area contributed by atoms with Gasteiger partial charge in [-0.05, 0) is 25.1 Å². The van der Waals surface area contributed by atoms with Gasteiger partial charge in [0.15, 0.2) is 0 Å². The van der Waals surface area contributed by atoms with E-state index in [1.807, 2.05) is 0 Å². The minimum atomic E-state index is -3.35. The van der Waals surface area contributed by atoms with Gasteiger partial charge in [-0.3, -0.25) is 4.79 Å². The number of amides is 1. The maximum atomic E-state index is 13.5. The summed E-state index contributed by atoms with van der Waals surface area (Å²) >= 11 is 0. The highest BCUT2D eigenvalue weighted by Gasteiger charge is 2.14. The number of carbonyl (C=O) groups is 1. The van der Waals surface area contributed by atoms with Crippen LogP contribution >= 0.6 is 0 Å². The quantitative estimate of drug-likeness (QED) is 0.826. The molecular weight excluding hydrogens is 290 g/mol. The molecule has 0 radical (unpaired) electrons. The summed E-state index contributed by atoms with van der Waals surface area (Å²) in [5.41, 5.74) is 0.0365. The lowest BCUT2D eigenvalue weighted by atomic mass is 10.1. The second-order valence-electron chi connectivity index (χ2n) is 4.37. The predicted molar refractivity (Wildman–Crippen MR) is 70.4 cm³/mol. The van der Waals surface area contributed by atoms with Crippen LogP contribution in [0.15, 0.2) is 18.2 Å². The summed E-state index contributed by atoms with van der Waals surface area (Å²) < 4.78 is 50.3. The van der Waals surface area contributed by atoms with E-state index in [1.165, 1.54) is 6.92 Å². The van der Waals surface area contributed by atoms with Crippen LogP contribution in [-0.2, 0) is 14.8 Å². The zero-order valence-corrected chi connectivity index (χ0v) is 11.9. The maximum Gasteiger partial charge on any atom is 0.221 e. The average Bonchev–Trinajstić information content (AvgIpc) is 2.30. The zero-order chi connectivity index (χ0) is 15.3. The van der Waals surface area contributed by atoms with E-state index in [0.717, 1.165) is 24.5 Å². The van der Waals surface area contributed by atoms with E-state index in [1.54, 1.807) is 0 Å². The standard InChI is InChI=1S/C12H16F2N2O3S/c1-8(10-7-9(13)3-4-11(10)14)16-12(17)5-6-15-20(2,18)19/h3-4,7-8,15H,5-6H2,1-2H3,(H,16,17)/t8-/m1/s1. The lowest BCUT2D eigenvalue weighted by molar-refractivity contribution is -0.121. The smallest absolute Gasteiger partial charge is 0.221 e. The van der Waals surface area contributed by atoms with E-state index in [2.05, 4.69) is 10.0 Å². The zero-order valence-electron chi connectivity index (χ0n) is 11.1. The van der Waals surface area contributed by atoms with Crippen LogP contribution in [0, 0.1) is 11.6 Å². The second kappa shape index (κ2) is 6.76. The van der Waals surface area contributed by atoms with Crippen molar-refractivity contribution >= 4 is 15.9 Å². The Labute approximate surface area is 116 Å². The van der Waals surface area contributed by atoms with Gasteiger partial charge < -0.3 is 5.32 Å². The summed E-state index contributed by atoms with van der Waals surface area (Å²) in [6.45, 7) is 1.46. The Morgan fingerprint density at radius 2 is 2.00 bits per heavy atom. The van der Waals surface area contributed by atoms with Gasteiger partial charge in [-0.25, -0.2) is 21.9 Å². The first-order chi connectivity index (χ1) is 9.19. The second-order valence-corrected chi connectivity index (χ2v) is 6.20. The molecule has 1 atom stereocenters. The Bertz CT molecular complexity index is 590. The van der Waals surface area contributed by atoms with Crippen LogP contribution in [0.5, 0.6) is 0 Å². The largest absolute Gasteiger partial charge is 0.349 e. The molecule has 0 saturated carbocycles. The topological polar surface area (TPSA) is 75.3 Å². The molecule has 0 fully saturated rings. The Morgan fingerprint density at radius 3 is 2.60 bits per heavy atom. The molecule has 0 aliphatic heterocycles. The fraction of sp³-hybridized carbons (Fsp3) is 0.417. The minimum absolute atomic E-state index is 0.0365. The maximum absolute atomic E-state index is 13.5. The highest BCUT2D eigenvalue weighted by molar-refractivity contribution is 7.88. The summed E-state index contributed by atoms with van der Waals surface area (Å²) in [5, 5.41) is 2.47. The monoisotopic (exact) mass is 306 g/mol. The molecule has 2 N–H and O–H groups in total. The normalized spacial score (nSPS) is 13.0. The Hall–Kier alpha value is -1.54. The number of sulfonamides is 1. The van der Waals surface area contributed by atoms with Gasteiger partial charge in [0.25, 0.3) is 0 Å². The number of halogens is 2. The Balaban J connectivity index is 2.55. The highest BCUT2D eigenvalue weighted by atomic mass is 32.2. The molecule has 112 valence electrons. The molecule has 0 aromatic heterocycles. The van der Waals surface area contributed by atoms with E-state index >= 15 is 0 Å². The lowest BCUT2D eigenvalue weighted by Crippen LogP contribution is -2.31. The third kappa shape index (κ3) is 5.62. The molecule has 0 spiro atoms. The first-order valence-corrected chi connectivity index (χ1v) is 7.77. The average molecular weight is 306 g/mol. The first kappa shape index (κ1) is 16.5. The fourth-order valence-corrected chi connectivity index (χ4v) is 2.06. The van der Waals surface area contributed by atoms with Crippen molar-refractivity contribution in [2.45, 2.75) is 19.4 Å². The third-order valence-corrected chi connectivity index (χ3v) is 3.25. The molecule has 1 aromatic rings. The third-order valence-electron chi connectivity index (χ3n) is 2.52. The SMILES string of the molecule is C[C@@H](NC(=O)CCNS(C)(=O)=O)c1cc(F)ccc1F.